The molecule has 0 aromatic heterocycles. The Balaban J connectivity index is 0.000000182. The Morgan fingerprint density at radius 3 is 1.30 bits per heavy atom. The molecule has 4 heteroatoms. The van der Waals surface area contributed by atoms with E-state index in [1.165, 1.54) is 33.4 Å². The summed E-state index contributed by atoms with van der Waals surface area (Å²) in [6, 6.07) is 33.5. The van der Waals surface area contributed by atoms with Gasteiger partial charge in [0.1, 0.15) is 36.9 Å². The Hall–Kier alpha value is -4.12. The highest BCUT2D eigenvalue weighted by Gasteiger charge is 2.34. The van der Waals surface area contributed by atoms with Crippen molar-refractivity contribution < 1.29 is 18.9 Å². The minimum Gasteiger partial charge on any atom is -0.490 e. The lowest BCUT2D eigenvalue weighted by Gasteiger charge is -2.20. The maximum Gasteiger partial charge on any atom is 0.122 e. The standard InChI is InChI=1S/C15H14.2C12H14O2.2C2H6/c1-15(2)13-9-5-3-7-11(13)12-8-4-6-10-14(12)15;2*1-2-5-10-6-3-4-7-12(10)14-9-11-8-13-11;2*1-2/h3-10H,1-2H3;2*2-4,6-7,11H,1,5,8-9H2;2*1-2H3. The molecule has 2 unspecified atom stereocenters. The van der Waals surface area contributed by atoms with Gasteiger partial charge in [0.2, 0.25) is 0 Å². The summed E-state index contributed by atoms with van der Waals surface area (Å²) in [5, 5.41) is 0. The van der Waals surface area contributed by atoms with Crippen LogP contribution in [0.3, 0.4) is 0 Å². The number of hydrogen-bond acceptors (Lipinski definition) is 4. The lowest BCUT2D eigenvalue weighted by molar-refractivity contribution is 0.261. The molecule has 0 bridgehead atoms. The highest BCUT2D eigenvalue weighted by Crippen LogP contribution is 2.48. The van der Waals surface area contributed by atoms with Crippen molar-refractivity contribution in [3.05, 3.63) is 145 Å². The maximum atomic E-state index is 5.64. The third-order valence-corrected chi connectivity index (χ3v) is 7.82. The fourth-order valence-corrected chi connectivity index (χ4v) is 5.30. The number of fused-ring (bicyclic) bond motifs is 3. The summed E-state index contributed by atoms with van der Waals surface area (Å²) in [6.07, 6.45) is 6.09. The number of rotatable bonds is 10. The zero-order valence-electron chi connectivity index (χ0n) is 29.3. The van der Waals surface area contributed by atoms with Crippen LogP contribution in [0.4, 0.5) is 0 Å². The average molecular weight is 635 g/mol. The smallest absolute Gasteiger partial charge is 0.122 e. The normalized spacial score (nSPS) is 16.6. The summed E-state index contributed by atoms with van der Waals surface area (Å²) in [5.41, 5.74) is 8.23. The maximum absolute atomic E-state index is 5.64. The van der Waals surface area contributed by atoms with E-state index in [1.54, 1.807) is 0 Å². The van der Waals surface area contributed by atoms with Gasteiger partial charge in [-0.3, -0.25) is 0 Å². The highest BCUT2D eigenvalue weighted by molar-refractivity contribution is 5.80. The van der Waals surface area contributed by atoms with Gasteiger partial charge in [0.05, 0.1) is 13.2 Å². The van der Waals surface area contributed by atoms with E-state index in [-0.39, 0.29) is 5.41 Å². The molecule has 0 spiro atoms. The molecule has 2 fully saturated rings. The first-order valence-electron chi connectivity index (χ1n) is 17.1. The third-order valence-electron chi connectivity index (χ3n) is 7.82. The number of epoxide rings is 2. The van der Waals surface area contributed by atoms with Gasteiger partial charge in [0.15, 0.2) is 0 Å². The van der Waals surface area contributed by atoms with Gasteiger partial charge >= 0.3 is 0 Å². The summed E-state index contributed by atoms with van der Waals surface area (Å²) in [7, 11) is 0. The van der Waals surface area contributed by atoms with Gasteiger partial charge in [-0.2, -0.15) is 0 Å². The monoisotopic (exact) mass is 634 g/mol. The van der Waals surface area contributed by atoms with Crippen molar-refractivity contribution in [2.75, 3.05) is 26.4 Å². The van der Waals surface area contributed by atoms with E-state index in [0.29, 0.717) is 25.4 Å². The summed E-state index contributed by atoms with van der Waals surface area (Å²) < 4.78 is 21.5. The molecule has 4 nitrogen and oxygen atoms in total. The number of para-hydroxylation sites is 2. The van der Waals surface area contributed by atoms with Crippen LogP contribution in [0, 0.1) is 0 Å². The van der Waals surface area contributed by atoms with Crippen LogP contribution in [0.2, 0.25) is 0 Å². The van der Waals surface area contributed by atoms with Crippen molar-refractivity contribution in [3.63, 3.8) is 0 Å². The van der Waals surface area contributed by atoms with Crippen molar-refractivity contribution in [2.24, 2.45) is 0 Å². The molecule has 250 valence electrons. The first-order chi connectivity index (χ1) is 23.0. The van der Waals surface area contributed by atoms with Crippen molar-refractivity contribution in [1.82, 2.24) is 0 Å². The van der Waals surface area contributed by atoms with Crippen molar-refractivity contribution in [2.45, 2.75) is 72.0 Å². The fourth-order valence-electron chi connectivity index (χ4n) is 5.30. The zero-order chi connectivity index (χ0) is 34.1. The zero-order valence-corrected chi connectivity index (χ0v) is 29.3. The van der Waals surface area contributed by atoms with Crippen LogP contribution in [0.1, 0.15) is 63.8 Å². The van der Waals surface area contributed by atoms with Gasteiger partial charge in [0.25, 0.3) is 0 Å². The van der Waals surface area contributed by atoms with Gasteiger partial charge in [0, 0.05) is 5.41 Å². The molecular formula is C43H54O4. The quantitative estimate of drug-likeness (QED) is 0.129. The predicted octanol–water partition coefficient (Wildman–Crippen LogP) is 10.4. The molecule has 0 amide bonds. The Morgan fingerprint density at radius 1 is 0.596 bits per heavy atom. The summed E-state index contributed by atoms with van der Waals surface area (Å²) in [4.78, 5) is 0. The number of ether oxygens (including phenoxy) is 4. The van der Waals surface area contributed by atoms with Crippen LogP contribution in [0.25, 0.3) is 11.1 Å². The van der Waals surface area contributed by atoms with Crippen LogP contribution in [0.5, 0.6) is 11.5 Å². The van der Waals surface area contributed by atoms with Crippen molar-refractivity contribution >= 4 is 0 Å². The molecule has 0 N–H and O–H groups in total. The molecule has 47 heavy (non-hydrogen) atoms. The molecule has 4 aromatic rings. The van der Waals surface area contributed by atoms with E-state index in [4.69, 9.17) is 18.9 Å². The van der Waals surface area contributed by atoms with Gasteiger partial charge in [-0.05, 0) is 58.4 Å². The van der Waals surface area contributed by atoms with Crippen LogP contribution < -0.4 is 9.47 Å². The molecule has 0 saturated carbocycles. The molecule has 2 heterocycles. The van der Waals surface area contributed by atoms with E-state index in [9.17, 15) is 0 Å². The summed E-state index contributed by atoms with van der Waals surface area (Å²) in [5.74, 6) is 1.89. The SMILES string of the molecule is C=CCc1ccccc1OCC1CO1.C=CCc1ccccc1OCC1CO1.CC.CC.CC1(C)c2ccccc2-c2ccccc21. The Labute approximate surface area is 284 Å². The fraction of sp³-hybridized carbons (Fsp3) is 0.349. The summed E-state index contributed by atoms with van der Waals surface area (Å²) in [6.45, 7) is 23.1. The molecule has 2 saturated heterocycles. The average Bonchev–Trinajstić information content (AvgIpc) is 4.07. The van der Waals surface area contributed by atoms with Crippen molar-refractivity contribution in [3.8, 4) is 22.6 Å². The predicted molar refractivity (Wildman–Crippen MR) is 198 cm³/mol. The first kappa shape index (κ1) is 37.3. The Kier molecular flexibility index (Phi) is 15.5. The highest BCUT2D eigenvalue weighted by atomic mass is 16.6. The van der Waals surface area contributed by atoms with E-state index in [0.717, 1.165) is 37.6 Å². The van der Waals surface area contributed by atoms with Gasteiger partial charge in [-0.1, -0.05) is 139 Å². The summed E-state index contributed by atoms with van der Waals surface area (Å²) >= 11 is 0. The second kappa shape index (κ2) is 19.5. The third kappa shape index (κ3) is 11.0. The Bertz CT molecular complexity index is 1400. The van der Waals surface area contributed by atoms with Gasteiger partial charge in [-0.15, -0.1) is 13.2 Å². The van der Waals surface area contributed by atoms with Gasteiger partial charge in [-0.25, -0.2) is 0 Å². The Morgan fingerprint density at radius 2 is 0.936 bits per heavy atom. The lowest BCUT2D eigenvalue weighted by Crippen LogP contribution is -2.14. The van der Waals surface area contributed by atoms with Crippen molar-refractivity contribution in [1.29, 1.82) is 0 Å². The molecule has 7 rings (SSSR count). The lowest BCUT2D eigenvalue weighted by atomic mass is 9.82. The van der Waals surface area contributed by atoms with Crippen LogP contribution in [-0.2, 0) is 27.7 Å². The van der Waals surface area contributed by atoms with E-state index in [2.05, 4.69) is 87.7 Å². The van der Waals surface area contributed by atoms with Gasteiger partial charge < -0.3 is 18.9 Å². The molecule has 3 aliphatic rings. The van der Waals surface area contributed by atoms with Crippen LogP contribution in [0.15, 0.2) is 122 Å². The second-order valence-electron chi connectivity index (χ2n) is 11.4. The van der Waals surface area contributed by atoms with E-state index in [1.807, 2.05) is 76.2 Å². The number of benzene rings is 4. The van der Waals surface area contributed by atoms with Crippen LogP contribution in [-0.4, -0.2) is 38.6 Å². The molecule has 2 atom stereocenters. The number of hydrogen-bond donors (Lipinski definition) is 0. The molecular weight excluding hydrogens is 580 g/mol. The molecule has 4 aromatic carbocycles. The minimum atomic E-state index is 0.160. The molecule has 0 radical (unpaired) electrons. The topological polar surface area (TPSA) is 43.5 Å². The molecule has 1 aliphatic carbocycles. The van der Waals surface area contributed by atoms with E-state index >= 15 is 0 Å². The van der Waals surface area contributed by atoms with E-state index < -0.39 is 0 Å². The number of allylic oxidation sites excluding steroid dienone is 2. The first-order valence-corrected chi connectivity index (χ1v) is 17.1. The van der Waals surface area contributed by atoms with Crippen LogP contribution >= 0.6 is 0 Å². The molecule has 2 aliphatic heterocycles. The minimum absolute atomic E-state index is 0.160. The largest absolute Gasteiger partial charge is 0.490 e. The second-order valence-corrected chi connectivity index (χ2v) is 11.4.